The highest BCUT2D eigenvalue weighted by Crippen LogP contribution is 2.30. The van der Waals surface area contributed by atoms with Crippen molar-refractivity contribution in [1.29, 1.82) is 0 Å². The number of hydrogen-bond acceptors (Lipinski definition) is 2. The van der Waals surface area contributed by atoms with Crippen LogP contribution in [-0.4, -0.2) is 5.78 Å². The monoisotopic (exact) mass is 408 g/mol. The Balaban J connectivity index is 2.05. The van der Waals surface area contributed by atoms with Crippen LogP contribution in [0.1, 0.15) is 20.8 Å². The van der Waals surface area contributed by atoms with Gasteiger partial charge >= 0.3 is 0 Å². The van der Waals surface area contributed by atoms with Crippen LogP contribution in [0.25, 0.3) is 10.8 Å². The van der Waals surface area contributed by atoms with Crippen LogP contribution < -0.4 is 0 Å². The average Bonchev–Trinajstić information content (AvgIpc) is 2.77. The quantitative estimate of drug-likeness (QED) is 0.476. The molecule has 0 aliphatic heterocycles. The van der Waals surface area contributed by atoms with Gasteiger partial charge in [-0.3, -0.25) is 4.79 Å². The van der Waals surface area contributed by atoms with E-state index in [2.05, 4.69) is 37.9 Å². The Bertz CT molecular complexity index is 801. The summed E-state index contributed by atoms with van der Waals surface area (Å²) >= 11 is 8.41. The molecule has 1 heterocycles. The molecule has 0 saturated heterocycles. The molecule has 3 rings (SSSR count). The summed E-state index contributed by atoms with van der Waals surface area (Å²) < 4.78 is 2.06. The van der Waals surface area contributed by atoms with Crippen molar-refractivity contribution in [2.45, 2.75) is 6.92 Å². The fraction of sp³-hybridized carbons (Fsp3) is 0.0625. The first-order valence-electron chi connectivity index (χ1n) is 6.04. The van der Waals surface area contributed by atoms with Gasteiger partial charge in [0.2, 0.25) is 5.78 Å². The van der Waals surface area contributed by atoms with Gasteiger partial charge in [-0.1, -0.05) is 34.1 Å². The molecule has 0 unspecified atom stereocenters. The smallest absolute Gasteiger partial charge is 0.203 e. The molecule has 0 radical (unpaired) electrons. The first-order chi connectivity index (χ1) is 9.54. The minimum Gasteiger partial charge on any atom is -0.288 e. The van der Waals surface area contributed by atoms with Crippen LogP contribution in [0.4, 0.5) is 0 Å². The zero-order valence-electron chi connectivity index (χ0n) is 10.6. The van der Waals surface area contributed by atoms with E-state index in [0.717, 1.165) is 35.0 Å². The normalized spacial score (nSPS) is 10.9. The number of benzene rings is 2. The molecule has 20 heavy (non-hydrogen) atoms. The molecule has 1 nitrogen and oxygen atoms in total. The number of carbonyl (C=O) groups is 1. The van der Waals surface area contributed by atoms with E-state index in [1.54, 1.807) is 0 Å². The summed E-state index contributed by atoms with van der Waals surface area (Å²) in [5, 5.41) is 2.20. The highest BCUT2D eigenvalue weighted by atomic mass is 79.9. The Morgan fingerprint density at radius 1 is 1.00 bits per heavy atom. The van der Waals surface area contributed by atoms with Crippen molar-refractivity contribution in [2.75, 3.05) is 0 Å². The van der Waals surface area contributed by atoms with E-state index in [-0.39, 0.29) is 5.78 Å². The Kier molecular flexibility index (Phi) is 3.80. The minimum absolute atomic E-state index is 0.0774. The summed E-state index contributed by atoms with van der Waals surface area (Å²) in [5.74, 6) is 0.0774. The maximum absolute atomic E-state index is 12.5. The Morgan fingerprint density at radius 2 is 1.70 bits per heavy atom. The molecule has 0 bridgehead atoms. The first kappa shape index (κ1) is 14.0. The molecule has 3 aromatic rings. The molecular weight excluding hydrogens is 400 g/mol. The van der Waals surface area contributed by atoms with Crippen molar-refractivity contribution in [1.82, 2.24) is 0 Å². The van der Waals surface area contributed by atoms with Gasteiger partial charge < -0.3 is 0 Å². The van der Waals surface area contributed by atoms with Crippen LogP contribution in [0.5, 0.6) is 0 Å². The lowest BCUT2D eigenvalue weighted by molar-refractivity contribution is 0.104. The predicted molar refractivity (Wildman–Crippen MR) is 91.8 cm³/mol. The largest absolute Gasteiger partial charge is 0.288 e. The average molecular weight is 410 g/mol. The SMILES string of the molecule is Cc1cc(C(=O)c2ccc3cc(Br)ccc3c2)sc1Br. The van der Waals surface area contributed by atoms with Crippen molar-refractivity contribution < 1.29 is 4.79 Å². The van der Waals surface area contributed by atoms with E-state index < -0.39 is 0 Å². The molecule has 1 aromatic heterocycles. The number of hydrogen-bond donors (Lipinski definition) is 0. The highest BCUT2D eigenvalue weighted by molar-refractivity contribution is 9.11. The summed E-state index contributed by atoms with van der Waals surface area (Å²) in [6.07, 6.45) is 0. The van der Waals surface area contributed by atoms with Gasteiger partial charge in [-0.15, -0.1) is 11.3 Å². The minimum atomic E-state index is 0.0774. The molecule has 0 saturated carbocycles. The van der Waals surface area contributed by atoms with E-state index in [1.807, 2.05) is 43.3 Å². The van der Waals surface area contributed by atoms with Gasteiger partial charge in [0.05, 0.1) is 8.66 Å². The third kappa shape index (κ3) is 2.60. The topological polar surface area (TPSA) is 17.1 Å². The molecule has 0 spiro atoms. The molecule has 0 amide bonds. The van der Waals surface area contributed by atoms with Gasteiger partial charge in [0.25, 0.3) is 0 Å². The molecule has 2 aromatic carbocycles. The van der Waals surface area contributed by atoms with Crippen molar-refractivity contribution in [2.24, 2.45) is 0 Å². The van der Waals surface area contributed by atoms with E-state index in [9.17, 15) is 4.79 Å². The zero-order chi connectivity index (χ0) is 14.3. The maximum Gasteiger partial charge on any atom is 0.203 e. The number of halogens is 2. The third-order valence-electron chi connectivity index (χ3n) is 3.15. The van der Waals surface area contributed by atoms with E-state index >= 15 is 0 Å². The molecule has 0 aliphatic carbocycles. The Morgan fingerprint density at radius 3 is 2.40 bits per heavy atom. The summed E-state index contributed by atoms with van der Waals surface area (Å²) in [4.78, 5) is 13.3. The molecular formula is C16H10Br2OS. The highest BCUT2D eigenvalue weighted by Gasteiger charge is 2.13. The van der Waals surface area contributed by atoms with E-state index in [0.29, 0.717) is 0 Å². The van der Waals surface area contributed by atoms with Gasteiger partial charge in [0, 0.05) is 10.0 Å². The number of ketones is 1. The number of rotatable bonds is 2. The lowest BCUT2D eigenvalue weighted by atomic mass is 10.0. The summed E-state index contributed by atoms with van der Waals surface area (Å²) in [7, 11) is 0. The molecule has 0 atom stereocenters. The Hall–Kier alpha value is -0.970. The molecule has 4 heteroatoms. The fourth-order valence-electron chi connectivity index (χ4n) is 2.07. The van der Waals surface area contributed by atoms with Gasteiger partial charge in [0.1, 0.15) is 0 Å². The Labute approximate surface area is 137 Å². The summed E-state index contributed by atoms with van der Waals surface area (Å²) in [6.45, 7) is 2.00. The summed E-state index contributed by atoms with van der Waals surface area (Å²) in [6, 6.07) is 13.8. The van der Waals surface area contributed by atoms with Gasteiger partial charge in [0.15, 0.2) is 0 Å². The standard InChI is InChI=1S/C16H10Br2OS/c1-9-6-14(20-16(9)18)15(19)12-3-2-11-8-13(17)5-4-10(11)7-12/h2-8H,1H3. The molecule has 100 valence electrons. The summed E-state index contributed by atoms with van der Waals surface area (Å²) in [5.41, 5.74) is 1.83. The fourth-order valence-corrected chi connectivity index (χ4v) is 3.95. The van der Waals surface area contributed by atoms with Crippen molar-refractivity contribution in [3.8, 4) is 0 Å². The molecule has 0 N–H and O–H groups in total. The number of carbonyl (C=O) groups excluding carboxylic acids is 1. The predicted octanol–water partition coefficient (Wildman–Crippen LogP) is 5.97. The number of fused-ring (bicyclic) bond motifs is 1. The third-order valence-corrected chi connectivity index (χ3v) is 5.77. The van der Waals surface area contributed by atoms with Crippen LogP contribution in [0, 0.1) is 6.92 Å². The second-order valence-corrected chi connectivity index (χ2v) is 7.89. The number of thiophene rings is 1. The molecule has 0 aliphatic rings. The molecule has 0 fully saturated rings. The van der Waals surface area contributed by atoms with Crippen molar-refractivity contribution >= 4 is 59.8 Å². The van der Waals surface area contributed by atoms with Gasteiger partial charge in [-0.2, -0.15) is 0 Å². The first-order valence-corrected chi connectivity index (χ1v) is 8.45. The van der Waals surface area contributed by atoms with Crippen LogP contribution in [0.15, 0.2) is 50.7 Å². The van der Waals surface area contributed by atoms with Crippen molar-refractivity contribution in [3.63, 3.8) is 0 Å². The second kappa shape index (κ2) is 5.43. The van der Waals surface area contributed by atoms with E-state index in [1.165, 1.54) is 11.3 Å². The maximum atomic E-state index is 12.5. The van der Waals surface area contributed by atoms with E-state index in [4.69, 9.17) is 0 Å². The number of aryl methyl sites for hydroxylation is 1. The lowest BCUT2D eigenvalue weighted by Crippen LogP contribution is -1.98. The zero-order valence-corrected chi connectivity index (χ0v) is 14.6. The van der Waals surface area contributed by atoms with Crippen LogP contribution >= 0.6 is 43.2 Å². The van der Waals surface area contributed by atoms with Crippen LogP contribution in [0.2, 0.25) is 0 Å². The van der Waals surface area contributed by atoms with Gasteiger partial charge in [-0.25, -0.2) is 0 Å². The second-order valence-electron chi connectivity index (χ2n) is 4.60. The van der Waals surface area contributed by atoms with Crippen LogP contribution in [0.3, 0.4) is 0 Å². The lowest BCUT2D eigenvalue weighted by Gasteiger charge is -2.02. The van der Waals surface area contributed by atoms with Gasteiger partial charge in [-0.05, 0) is 63.5 Å². The van der Waals surface area contributed by atoms with Crippen LogP contribution in [-0.2, 0) is 0 Å². The van der Waals surface area contributed by atoms with Crippen molar-refractivity contribution in [3.05, 3.63) is 66.7 Å².